The molecule has 2 atom stereocenters. The van der Waals surface area contributed by atoms with E-state index in [0.717, 1.165) is 35.0 Å². The van der Waals surface area contributed by atoms with E-state index in [1.54, 1.807) is 0 Å². The highest BCUT2D eigenvalue weighted by molar-refractivity contribution is 5.83. The third-order valence-electron chi connectivity index (χ3n) is 4.46. The molecule has 0 aliphatic rings. The van der Waals surface area contributed by atoms with Gasteiger partial charge in [-0.3, -0.25) is 0 Å². The van der Waals surface area contributed by atoms with Crippen molar-refractivity contribution in [1.29, 1.82) is 0 Å². The average molecular weight is 362 g/mol. The predicted octanol–water partition coefficient (Wildman–Crippen LogP) is 4.44. The van der Waals surface area contributed by atoms with Gasteiger partial charge >= 0.3 is 6.18 Å². The fraction of sp³-hybridized carbons (Fsp3) is 0.300. The lowest BCUT2D eigenvalue weighted by Gasteiger charge is -2.18. The number of hydrogen-bond acceptors (Lipinski definition) is 2. The fourth-order valence-electron chi connectivity index (χ4n) is 3.06. The number of halogens is 3. The van der Waals surface area contributed by atoms with Crippen molar-refractivity contribution in [2.24, 2.45) is 0 Å². The smallest absolute Gasteiger partial charge is 0.387 e. The monoisotopic (exact) mass is 362 g/mol. The minimum atomic E-state index is -4.41. The largest absolute Gasteiger partial charge is 0.416 e. The zero-order chi connectivity index (χ0) is 18.7. The molecule has 0 saturated carbocycles. The molecule has 0 amide bonds. The number of benzene rings is 2. The summed E-state index contributed by atoms with van der Waals surface area (Å²) in [5.41, 5.74) is 1.74. The van der Waals surface area contributed by atoms with E-state index in [4.69, 9.17) is 0 Å². The number of hydrogen-bond donors (Lipinski definition) is 3. The van der Waals surface area contributed by atoms with Gasteiger partial charge in [-0.15, -0.1) is 0 Å². The molecule has 0 spiro atoms. The van der Waals surface area contributed by atoms with Crippen molar-refractivity contribution in [2.45, 2.75) is 31.7 Å². The van der Waals surface area contributed by atoms with Gasteiger partial charge in [0, 0.05) is 29.7 Å². The summed E-state index contributed by atoms with van der Waals surface area (Å²) in [7, 11) is 0. The Labute approximate surface area is 149 Å². The van der Waals surface area contributed by atoms with Gasteiger partial charge in [0.1, 0.15) is 0 Å². The van der Waals surface area contributed by atoms with Gasteiger partial charge in [-0.2, -0.15) is 13.2 Å². The molecule has 2 unspecified atom stereocenters. The normalized spacial score (nSPS) is 14.5. The highest BCUT2D eigenvalue weighted by Gasteiger charge is 2.30. The first-order valence-corrected chi connectivity index (χ1v) is 8.48. The van der Waals surface area contributed by atoms with Crippen LogP contribution < -0.4 is 5.32 Å². The van der Waals surface area contributed by atoms with Crippen LogP contribution in [0.25, 0.3) is 10.9 Å². The summed E-state index contributed by atoms with van der Waals surface area (Å²) < 4.78 is 38.4. The van der Waals surface area contributed by atoms with Crippen molar-refractivity contribution < 1.29 is 18.3 Å². The van der Waals surface area contributed by atoms with Gasteiger partial charge in [-0.1, -0.05) is 30.3 Å². The van der Waals surface area contributed by atoms with E-state index in [1.165, 1.54) is 12.1 Å². The van der Waals surface area contributed by atoms with Gasteiger partial charge in [-0.05, 0) is 42.7 Å². The molecule has 2 aromatic carbocycles. The first-order chi connectivity index (χ1) is 12.3. The van der Waals surface area contributed by atoms with E-state index < -0.39 is 17.8 Å². The van der Waals surface area contributed by atoms with Crippen LogP contribution in [0.5, 0.6) is 0 Å². The molecule has 0 bridgehead atoms. The van der Waals surface area contributed by atoms with Gasteiger partial charge in [0.25, 0.3) is 0 Å². The van der Waals surface area contributed by atoms with Crippen molar-refractivity contribution in [3.63, 3.8) is 0 Å². The summed E-state index contributed by atoms with van der Waals surface area (Å²) in [5.74, 6) is 0. The SMILES string of the molecule is CC(Cc1c[nH]c2ccccc12)NCC(O)c1cccc(C(F)(F)F)c1. The standard InChI is InChI=1S/C20H21F3N2O/c1-13(9-15-11-25-18-8-3-2-7-17(15)18)24-12-19(26)14-5-4-6-16(10-14)20(21,22)23/h2-8,10-11,13,19,24-26H,9,12H2,1H3. The Balaban J connectivity index is 1.60. The van der Waals surface area contributed by atoms with Crippen LogP contribution >= 0.6 is 0 Å². The molecule has 3 nitrogen and oxygen atoms in total. The number of para-hydroxylation sites is 1. The van der Waals surface area contributed by atoms with Crippen LogP contribution in [0.4, 0.5) is 13.2 Å². The van der Waals surface area contributed by atoms with Gasteiger partial charge < -0.3 is 15.4 Å². The molecule has 3 rings (SSSR count). The number of aromatic amines is 1. The molecule has 0 aliphatic heterocycles. The maximum atomic E-state index is 12.8. The second-order valence-electron chi connectivity index (χ2n) is 6.51. The van der Waals surface area contributed by atoms with Crippen LogP contribution in [0.2, 0.25) is 0 Å². The van der Waals surface area contributed by atoms with Gasteiger partial charge in [0.05, 0.1) is 11.7 Å². The van der Waals surface area contributed by atoms with Crippen LogP contribution in [0, 0.1) is 0 Å². The number of H-pyrrole nitrogens is 1. The van der Waals surface area contributed by atoms with Crippen molar-refractivity contribution in [2.75, 3.05) is 6.54 Å². The van der Waals surface area contributed by atoms with E-state index in [1.807, 2.05) is 37.4 Å². The van der Waals surface area contributed by atoms with Gasteiger partial charge in [0.15, 0.2) is 0 Å². The summed E-state index contributed by atoms with van der Waals surface area (Å²) in [6.45, 7) is 2.17. The second kappa shape index (κ2) is 7.51. The van der Waals surface area contributed by atoms with E-state index in [9.17, 15) is 18.3 Å². The number of aromatic nitrogens is 1. The van der Waals surface area contributed by atoms with Crippen LogP contribution in [-0.2, 0) is 12.6 Å². The van der Waals surface area contributed by atoms with Crippen molar-refractivity contribution in [3.05, 3.63) is 71.4 Å². The quantitative estimate of drug-likeness (QED) is 0.607. The molecule has 3 N–H and O–H groups in total. The molecule has 138 valence electrons. The van der Waals surface area contributed by atoms with Crippen molar-refractivity contribution in [3.8, 4) is 0 Å². The second-order valence-corrected chi connectivity index (χ2v) is 6.51. The number of aliphatic hydroxyl groups excluding tert-OH is 1. The van der Waals surface area contributed by atoms with Crippen LogP contribution in [0.1, 0.15) is 29.7 Å². The zero-order valence-electron chi connectivity index (χ0n) is 14.3. The molecular weight excluding hydrogens is 341 g/mol. The highest BCUT2D eigenvalue weighted by Crippen LogP contribution is 2.30. The Hall–Kier alpha value is -2.31. The summed E-state index contributed by atoms with van der Waals surface area (Å²) in [6, 6.07) is 12.9. The summed E-state index contributed by atoms with van der Waals surface area (Å²) in [6.07, 6.45) is -2.69. The number of fused-ring (bicyclic) bond motifs is 1. The summed E-state index contributed by atoms with van der Waals surface area (Å²) in [5, 5.41) is 14.6. The topological polar surface area (TPSA) is 48.0 Å². The molecular formula is C20H21F3N2O. The third-order valence-corrected chi connectivity index (χ3v) is 4.46. The van der Waals surface area contributed by atoms with Crippen LogP contribution in [0.15, 0.2) is 54.7 Å². The molecule has 0 saturated heterocycles. The van der Waals surface area contributed by atoms with Gasteiger partial charge in [0.2, 0.25) is 0 Å². The lowest BCUT2D eigenvalue weighted by Crippen LogP contribution is -2.32. The first-order valence-electron chi connectivity index (χ1n) is 8.48. The Morgan fingerprint density at radius 3 is 2.65 bits per heavy atom. The molecule has 6 heteroatoms. The molecule has 0 fully saturated rings. The number of alkyl halides is 3. The molecule has 1 aromatic heterocycles. The minimum Gasteiger partial charge on any atom is -0.387 e. The maximum absolute atomic E-state index is 12.8. The van der Waals surface area contributed by atoms with Gasteiger partial charge in [-0.25, -0.2) is 0 Å². The molecule has 0 aliphatic carbocycles. The predicted molar refractivity (Wildman–Crippen MR) is 95.9 cm³/mol. The lowest BCUT2D eigenvalue weighted by molar-refractivity contribution is -0.137. The van der Waals surface area contributed by atoms with E-state index in [0.29, 0.717) is 0 Å². The first kappa shape index (κ1) is 18.5. The van der Waals surface area contributed by atoms with Crippen molar-refractivity contribution in [1.82, 2.24) is 10.3 Å². The molecule has 0 radical (unpaired) electrons. The van der Waals surface area contributed by atoms with E-state index in [-0.39, 0.29) is 18.2 Å². The van der Waals surface area contributed by atoms with E-state index >= 15 is 0 Å². The average Bonchev–Trinajstić information content (AvgIpc) is 3.02. The zero-order valence-corrected chi connectivity index (χ0v) is 14.3. The third kappa shape index (κ3) is 4.26. The Bertz CT molecular complexity index is 873. The molecule has 1 heterocycles. The summed E-state index contributed by atoms with van der Waals surface area (Å²) >= 11 is 0. The number of aliphatic hydroxyl groups is 1. The Morgan fingerprint density at radius 1 is 1.12 bits per heavy atom. The fourth-order valence-corrected chi connectivity index (χ4v) is 3.06. The Morgan fingerprint density at radius 2 is 1.88 bits per heavy atom. The summed E-state index contributed by atoms with van der Waals surface area (Å²) in [4.78, 5) is 3.22. The minimum absolute atomic E-state index is 0.0645. The Kier molecular flexibility index (Phi) is 5.34. The molecule has 26 heavy (non-hydrogen) atoms. The molecule has 3 aromatic rings. The number of nitrogens with one attached hydrogen (secondary N) is 2. The van der Waals surface area contributed by atoms with Crippen molar-refractivity contribution >= 4 is 10.9 Å². The van der Waals surface area contributed by atoms with E-state index in [2.05, 4.69) is 10.3 Å². The van der Waals surface area contributed by atoms with Crippen LogP contribution in [-0.4, -0.2) is 22.7 Å². The highest BCUT2D eigenvalue weighted by atomic mass is 19.4. The lowest BCUT2D eigenvalue weighted by atomic mass is 10.0. The van der Waals surface area contributed by atoms with Crippen LogP contribution in [0.3, 0.4) is 0 Å². The number of rotatable bonds is 6. The maximum Gasteiger partial charge on any atom is 0.416 e.